The largest absolute Gasteiger partial charge is 0.456 e. The van der Waals surface area contributed by atoms with Crippen molar-refractivity contribution in [1.29, 1.82) is 0 Å². The number of amides is 1. The van der Waals surface area contributed by atoms with Crippen LogP contribution in [0.3, 0.4) is 0 Å². The minimum atomic E-state index is -0.573. The number of carbonyl (C=O) groups is 3. The Kier molecular flexibility index (Phi) is 7.63. The van der Waals surface area contributed by atoms with Gasteiger partial charge >= 0.3 is 5.97 Å². The molecule has 2 fully saturated rings. The van der Waals surface area contributed by atoms with Crippen LogP contribution in [-0.2, 0) is 14.3 Å². The lowest BCUT2D eigenvalue weighted by Gasteiger charge is -2.22. The minimum absolute atomic E-state index is 0.00543. The zero-order valence-corrected chi connectivity index (χ0v) is 16.6. The van der Waals surface area contributed by atoms with Crippen LogP contribution in [0, 0.1) is 5.92 Å². The number of ether oxygens (including phenoxy) is 1. The predicted octanol–water partition coefficient (Wildman–Crippen LogP) is 4.16. The van der Waals surface area contributed by atoms with Gasteiger partial charge in [0.1, 0.15) is 6.54 Å². The highest BCUT2D eigenvalue weighted by Gasteiger charge is 2.22. The number of rotatable bonds is 7. The SMILES string of the molecule is O=C(CNC(=O)C1CCCCC1)OCC(=O)c1ccc(C2CCCCC2)cc1. The van der Waals surface area contributed by atoms with Gasteiger partial charge in [-0.25, -0.2) is 0 Å². The molecule has 0 radical (unpaired) electrons. The van der Waals surface area contributed by atoms with E-state index in [-0.39, 0.29) is 30.8 Å². The monoisotopic (exact) mass is 385 g/mol. The number of benzene rings is 1. The summed E-state index contributed by atoms with van der Waals surface area (Å²) in [4.78, 5) is 36.1. The van der Waals surface area contributed by atoms with Gasteiger partial charge in [-0.3, -0.25) is 14.4 Å². The second-order valence-electron chi connectivity index (χ2n) is 8.09. The molecule has 0 bridgehead atoms. The van der Waals surface area contributed by atoms with Crippen LogP contribution < -0.4 is 5.32 Å². The Morgan fingerprint density at radius 3 is 2.11 bits per heavy atom. The number of esters is 1. The van der Waals surface area contributed by atoms with Crippen molar-refractivity contribution in [2.24, 2.45) is 5.92 Å². The maximum absolute atomic E-state index is 12.3. The summed E-state index contributed by atoms with van der Waals surface area (Å²) in [5, 5.41) is 2.63. The third kappa shape index (κ3) is 5.91. The molecule has 0 aromatic heterocycles. The summed E-state index contributed by atoms with van der Waals surface area (Å²) in [6.45, 7) is -0.468. The van der Waals surface area contributed by atoms with Crippen molar-refractivity contribution in [2.45, 2.75) is 70.1 Å². The molecule has 28 heavy (non-hydrogen) atoms. The van der Waals surface area contributed by atoms with Crippen molar-refractivity contribution in [2.75, 3.05) is 13.2 Å². The smallest absolute Gasteiger partial charge is 0.325 e. The highest BCUT2D eigenvalue weighted by Crippen LogP contribution is 2.32. The van der Waals surface area contributed by atoms with E-state index in [4.69, 9.17) is 4.74 Å². The molecule has 0 heterocycles. The molecule has 0 spiro atoms. The maximum Gasteiger partial charge on any atom is 0.325 e. The molecule has 5 heteroatoms. The van der Waals surface area contributed by atoms with E-state index in [0.717, 1.165) is 25.7 Å². The fourth-order valence-corrected chi connectivity index (χ4v) is 4.33. The normalized spacial score (nSPS) is 18.4. The topological polar surface area (TPSA) is 72.5 Å². The van der Waals surface area contributed by atoms with E-state index < -0.39 is 5.97 Å². The van der Waals surface area contributed by atoms with E-state index in [0.29, 0.717) is 11.5 Å². The highest BCUT2D eigenvalue weighted by atomic mass is 16.5. The van der Waals surface area contributed by atoms with Gasteiger partial charge in [0.15, 0.2) is 12.4 Å². The van der Waals surface area contributed by atoms with Gasteiger partial charge in [0.25, 0.3) is 0 Å². The summed E-state index contributed by atoms with van der Waals surface area (Å²) in [6.07, 6.45) is 11.4. The summed E-state index contributed by atoms with van der Waals surface area (Å²) >= 11 is 0. The van der Waals surface area contributed by atoms with E-state index >= 15 is 0 Å². The number of Topliss-reactive ketones (excluding diaryl/α,β-unsaturated/α-hetero) is 1. The summed E-state index contributed by atoms with van der Waals surface area (Å²) in [5.74, 6) is -0.269. The Morgan fingerprint density at radius 1 is 0.857 bits per heavy atom. The quantitative estimate of drug-likeness (QED) is 0.565. The van der Waals surface area contributed by atoms with E-state index in [1.54, 1.807) is 0 Å². The van der Waals surface area contributed by atoms with Gasteiger partial charge in [-0.1, -0.05) is 62.8 Å². The van der Waals surface area contributed by atoms with Gasteiger partial charge in [0.05, 0.1) is 0 Å². The third-order valence-electron chi connectivity index (χ3n) is 6.06. The molecule has 152 valence electrons. The second-order valence-corrected chi connectivity index (χ2v) is 8.09. The second kappa shape index (κ2) is 10.4. The van der Waals surface area contributed by atoms with E-state index in [1.807, 2.05) is 24.3 Å². The Bertz CT molecular complexity index is 670. The zero-order valence-electron chi connectivity index (χ0n) is 16.6. The molecule has 0 atom stereocenters. The molecular formula is C23H31NO4. The number of carbonyl (C=O) groups excluding carboxylic acids is 3. The standard InChI is InChI=1S/C23H31NO4/c25-21(19-13-11-18(12-14-19)17-7-3-1-4-8-17)16-28-22(26)15-24-23(27)20-9-5-2-6-10-20/h11-14,17,20H,1-10,15-16H2,(H,24,27). The van der Waals surface area contributed by atoms with Gasteiger partial charge in [-0.2, -0.15) is 0 Å². The van der Waals surface area contributed by atoms with Gasteiger partial charge in [0.2, 0.25) is 5.91 Å². The lowest BCUT2D eigenvalue weighted by atomic mass is 9.84. The predicted molar refractivity (Wildman–Crippen MR) is 107 cm³/mol. The van der Waals surface area contributed by atoms with Crippen molar-refractivity contribution in [3.63, 3.8) is 0 Å². The van der Waals surface area contributed by atoms with Gasteiger partial charge in [0, 0.05) is 11.5 Å². The molecular weight excluding hydrogens is 354 g/mol. The molecule has 1 amide bonds. The molecule has 1 N–H and O–H groups in total. The molecule has 5 nitrogen and oxygen atoms in total. The first-order valence-electron chi connectivity index (χ1n) is 10.7. The molecule has 2 saturated carbocycles. The fourth-order valence-electron chi connectivity index (χ4n) is 4.33. The molecule has 2 aliphatic rings. The molecule has 3 rings (SSSR count). The lowest BCUT2D eigenvalue weighted by Crippen LogP contribution is -2.36. The van der Waals surface area contributed by atoms with Crippen molar-refractivity contribution in [1.82, 2.24) is 5.32 Å². The first kappa shape index (κ1) is 20.6. The summed E-state index contributed by atoms with van der Waals surface area (Å²) in [7, 11) is 0. The lowest BCUT2D eigenvalue weighted by molar-refractivity contribution is -0.143. The maximum atomic E-state index is 12.3. The zero-order chi connectivity index (χ0) is 19.8. The van der Waals surface area contributed by atoms with Crippen LogP contribution in [0.5, 0.6) is 0 Å². The summed E-state index contributed by atoms with van der Waals surface area (Å²) in [5.41, 5.74) is 1.84. The van der Waals surface area contributed by atoms with Crippen LogP contribution in [0.2, 0.25) is 0 Å². The highest BCUT2D eigenvalue weighted by molar-refractivity contribution is 5.98. The average molecular weight is 386 g/mol. The van der Waals surface area contributed by atoms with Crippen LogP contribution in [0.15, 0.2) is 24.3 Å². The first-order valence-corrected chi connectivity index (χ1v) is 10.7. The van der Waals surface area contributed by atoms with Crippen LogP contribution in [0.25, 0.3) is 0 Å². The van der Waals surface area contributed by atoms with E-state index in [1.165, 1.54) is 44.1 Å². The van der Waals surface area contributed by atoms with Crippen LogP contribution in [0.4, 0.5) is 0 Å². The van der Waals surface area contributed by atoms with Gasteiger partial charge < -0.3 is 10.1 Å². The van der Waals surface area contributed by atoms with Gasteiger partial charge in [-0.15, -0.1) is 0 Å². The molecule has 1 aromatic carbocycles. The number of ketones is 1. The number of hydrogen-bond donors (Lipinski definition) is 1. The van der Waals surface area contributed by atoms with Crippen molar-refractivity contribution < 1.29 is 19.1 Å². The molecule has 0 saturated heterocycles. The molecule has 1 aromatic rings. The third-order valence-corrected chi connectivity index (χ3v) is 6.06. The number of hydrogen-bond acceptors (Lipinski definition) is 4. The van der Waals surface area contributed by atoms with Crippen molar-refractivity contribution in [3.8, 4) is 0 Å². The molecule has 0 unspecified atom stereocenters. The van der Waals surface area contributed by atoms with Crippen LogP contribution >= 0.6 is 0 Å². The minimum Gasteiger partial charge on any atom is -0.456 e. The first-order chi connectivity index (χ1) is 13.6. The van der Waals surface area contributed by atoms with E-state index in [2.05, 4.69) is 5.32 Å². The number of nitrogens with one attached hydrogen (secondary N) is 1. The van der Waals surface area contributed by atoms with Crippen LogP contribution in [-0.4, -0.2) is 30.8 Å². The van der Waals surface area contributed by atoms with Gasteiger partial charge in [-0.05, 0) is 37.2 Å². The Balaban J connectivity index is 1.39. The Hall–Kier alpha value is -2.17. The van der Waals surface area contributed by atoms with E-state index in [9.17, 15) is 14.4 Å². The van der Waals surface area contributed by atoms with Crippen LogP contribution in [0.1, 0.15) is 86.0 Å². The molecule has 2 aliphatic carbocycles. The summed E-state index contributed by atoms with van der Waals surface area (Å²) < 4.78 is 5.04. The summed E-state index contributed by atoms with van der Waals surface area (Å²) in [6, 6.07) is 7.70. The average Bonchev–Trinajstić information content (AvgIpc) is 2.77. The fraction of sp³-hybridized carbons (Fsp3) is 0.609. The Morgan fingerprint density at radius 2 is 1.46 bits per heavy atom. The van der Waals surface area contributed by atoms with Crippen molar-refractivity contribution >= 4 is 17.7 Å². The van der Waals surface area contributed by atoms with Crippen molar-refractivity contribution in [3.05, 3.63) is 35.4 Å². The Labute approximate surface area is 167 Å². The molecule has 0 aliphatic heterocycles.